The third-order valence-electron chi connectivity index (χ3n) is 6.06. The molecule has 0 aliphatic carbocycles. The van der Waals surface area contributed by atoms with E-state index in [-0.39, 0.29) is 37.0 Å². The van der Waals surface area contributed by atoms with Crippen LogP contribution in [0.25, 0.3) is 0 Å². The van der Waals surface area contributed by atoms with Crippen LogP contribution in [-0.4, -0.2) is 72.1 Å². The maximum Gasteiger partial charge on any atom is 0.342 e. The summed E-state index contributed by atoms with van der Waals surface area (Å²) in [6, 6.07) is 18.0. The molecule has 10 heteroatoms. The van der Waals surface area contributed by atoms with Crippen LogP contribution < -0.4 is 0 Å². The van der Waals surface area contributed by atoms with Crippen molar-refractivity contribution < 1.29 is 22.7 Å². The summed E-state index contributed by atoms with van der Waals surface area (Å²) < 4.78 is 34.0. The van der Waals surface area contributed by atoms with Gasteiger partial charge in [-0.2, -0.15) is 9.40 Å². The second-order valence-corrected chi connectivity index (χ2v) is 10.3. The van der Waals surface area contributed by atoms with Crippen LogP contribution in [0, 0.1) is 13.8 Å². The molecule has 1 aromatic heterocycles. The molecule has 1 aliphatic rings. The number of sulfonamides is 1. The van der Waals surface area contributed by atoms with Crippen LogP contribution in [0.15, 0.2) is 65.6 Å². The molecule has 4 rings (SSSR count). The Morgan fingerprint density at radius 3 is 2.14 bits per heavy atom. The predicted octanol–water partition coefficient (Wildman–Crippen LogP) is 2.24. The highest BCUT2D eigenvalue weighted by molar-refractivity contribution is 7.89. The Bertz CT molecular complexity index is 1300. The van der Waals surface area contributed by atoms with Gasteiger partial charge < -0.3 is 9.64 Å². The van der Waals surface area contributed by atoms with Crippen molar-refractivity contribution in [3.8, 4) is 0 Å². The number of carbonyl (C=O) groups is 2. The van der Waals surface area contributed by atoms with Gasteiger partial charge in [0.25, 0.3) is 5.91 Å². The van der Waals surface area contributed by atoms with Gasteiger partial charge in [-0.25, -0.2) is 13.2 Å². The molecular weight excluding hydrogens is 468 g/mol. The minimum Gasteiger partial charge on any atom is -0.452 e. The van der Waals surface area contributed by atoms with Crippen LogP contribution in [0.1, 0.15) is 27.3 Å². The summed E-state index contributed by atoms with van der Waals surface area (Å²) in [7, 11) is -3.60. The number of benzene rings is 2. The largest absolute Gasteiger partial charge is 0.452 e. The Morgan fingerprint density at radius 1 is 0.914 bits per heavy atom. The molecular formula is C25H28N4O5S. The van der Waals surface area contributed by atoms with Crippen molar-refractivity contribution in [1.29, 1.82) is 0 Å². The maximum absolute atomic E-state index is 12.8. The molecule has 1 aliphatic heterocycles. The normalized spacial score (nSPS) is 14.6. The van der Waals surface area contributed by atoms with Gasteiger partial charge in [0.05, 0.1) is 22.8 Å². The fourth-order valence-corrected chi connectivity index (χ4v) is 5.56. The molecule has 0 unspecified atom stereocenters. The van der Waals surface area contributed by atoms with Crippen molar-refractivity contribution in [2.24, 2.45) is 0 Å². The van der Waals surface area contributed by atoms with E-state index in [1.165, 1.54) is 9.21 Å². The van der Waals surface area contributed by atoms with Crippen molar-refractivity contribution in [2.45, 2.75) is 25.3 Å². The van der Waals surface area contributed by atoms with Gasteiger partial charge in [0, 0.05) is 26.2 Å². The lowest BCUT2D eigenvalue weighted by Gasteiger charge is -2.33. The summed E-state index contributed by atoms with van der Waals surface area (Å²) in [6.45, 7) is 4.48. The number of aromatic nitrogens is 2. The summed E-state index contributed by atoms with van der Waals surface area (Å²) in [4.78, 5) is 27.1. The zero-order valence-electron chi connectivity index (χ0n) is 19.8. The Balaban J connectivity index is 1.32. The van der Waals surface area contributed by atoms with Crippen LogP contribution in [0.5, 0.6) is 0 Å². The van der Waals surface area contributed by atoms with Crippen molar-refractivity contribution in [1.82, 2.24) is 19.0 Å². The van der Waals surface area contributed by atoms with Gasteiger partial charge >= 0.3 is 5.97 Å². The second-order valence-electron chi connectivity index (χ2n) is 8.36. The van der Waals surface area contributed by atoms with Gasteiger partial charge in [-0.3, -0.25) is 9.48 Å². The molecule has 9 nitrogen and oxygen atoms in total. The Kier molecular flexibility index (Phi) is 7.32. The fraction of sp³-hybridized carbons (Fsp3) is 0.320. The van der Waals surface area contributed by atoms with Gasteiger partial charge in [0.1, 0.15) is 5.56 Å². The lowest BCUT2D eigenvalue weighted by molar-refractivity contribution is -0.135. The van der Waals surface area contributed by atoms with Crippen molar-refractivity contribution in [3.63, 3.8) is 0 Å². The third kappa shape index (κ3) is 5.44. The number of amides is 1. The van der Waals surface area contributed by atoms with Gasteiger partial charge in [-0.05, 0) is 31.5 Å². The Hall–Kier alpha value is -3.50. The summed E-state index contributed by atoms with van der Waals surface area (Å²) in [6.07, 6.45) is 0. The highest BCUT2D eigenvalue weighted by atomic mass is 32.2. The van der Waals surface area contributed by atoms with E-state index < -0.39 is 22.6 Å². The molecule has 0 saturated carbocycles. The molecule has 1 saturated heterocycles. The molecule has 0 spiro atoms. The molecule has 1 amide bonds. The third-order valence-corrected chi connectivity index (χ3v) is 7.97. The molecule has 2 heterocycles. The number of carbonyl (C=O) groups excluding carboxylic acids is 2. The second kappa shape index (κ2) is 10.4. The van der Waals surface area contributed by atoms with E-state index in [1.54, 1.807) is 48.9 Å². The summed E-state index contributed by atoms with van der Waals surface area (Å²) in [5, 5.41) is 4.46. The fourth-order valence-electron chi connectivity index (χ4n) is 4.11. The van der Waals surface area contributed by atoms with E-state index in [4.69, 9.17) is 4.74 Å². The van der Waals surface area contributed by atoms with Gasteiger partial charge in [0.15, 0.2) is 6.61 Å². The molecule has 2 aromatic carbocycles. The molecule has 0 N–H and O–H groups in total. The summed E-state index contributed by atoms with van der Waals surface area (Å²) in [5.41, 5.74) is 2.62. The van der Waals surface area contributed by atoms with Gasteiger partial charge in [0.2, 0.25) is 10.0 Å². The number of nitrogens with zero attached hydrogens (tertiary/aromatic N) is 4. The monoisotopic (exact) mass is 496 g/mol. The van der Waals surface area contributed by atoms with Gasteiger partial charge in [-0.15, -0.1) is 0 Å². The highest BCUT2D eigenvalue weighted by Crippen LogP contribution is 2.18. The number of hydrogen-bond acceptors (Lipinski definition) is 6. The lowest BCUT2D eigenvalue weighted by atomic mass is 10.2. The standard InChI is InChI=1S/C25H28N4O5S/c1-19-24(20(2)29(26-19)17-21-9-5-3-6-10-21)25(31)34-18-23(30)27-13-15-28(16-14-27)35(32,33)22-11-7-4-8-12-22/h3-12H,13-18H2,1-2H3. The molecule has 35 heavy (non-hydrogen) atoms. The molecule has 3 aromatic rings. The molecule has 0 atom stereocenters. The minimum atomic E-state index is -3.60. The maximum atomic E-state index is 12.8. The molecule has 0 radical (unpaired) electrons. The highest BCUT2D eigenvalue weighted by Gasteiger charge is 2.30. The smallest absolute Gasteiger partial charge is 0.342 e. The SMILES string of the molecule is Cc1nn(Cc2ccccc2)c(C)c1C(=O)OCC(=O)N1CCN(S(=O)(=O)c2ccccc2)CC1. The van der Waals surface area contributed by atoms with Crippen LogP contribution >= 0.6 is 0 Å². The molecule has 0 bridgehead atoms. The zero-order chi connectivity index (χ0) is 25.0. The van der Waals surface area contributed by atoms with Crippen molar-refractivity contribution in [3.05, 3.63) is 83.2 Å². The first-order chi connectivity index (χ1) is 16.8. The quantitative estimate of drug-likeness (QED) is 0.465. The summed E-state index contributed by atoms with van der Waals surface area (Å²) >= 11 is 0. The van der Waals surface area contributed by atoms with Crippen molar-refractivity contribution >= 4 is 21.9 Å². The first-order valence-corrected chi connectivity index (χ1v) is 12.8. The number of ether oxygens (including phenoxy) is 1. The number of esters is 1. The van der Waals surface area contributed by atoms with E-state index >= 15 is 0 Å². The zero-order valence-corrected chi connectivity index (χ0v) is 20.6. The predicted molar refractivity (Wildman–Crippen MR) is 129 cm³/mol. The Labute approximate surface area is 205 Å². The number of hydrogen-bond donors (Lipinski definition) is 0. The average Bonchev–Trinajstić information content (AvgIpc) is 3.16. The van der Waals surface area contributed by atoms with Crippen LogP contribution in [0.3, 0.4) is 0 Å². The van der Waals surface area contributed by atoms with Gasteiger partial charge in [-0.1, -0.05) is 48.5 Å². The van der Waals surface area contributed by atoms with Crippen LogP contribution in [-0.2, 0) is 26.1 Å². The van der Waals surface area contributed by atoms with E-state index in [2.05, 4.69) is 5.10 Å². The Morgan fingerprint density at radius 2 is 1.51 bits per heavy atom. The number of piperazine rings is 1. The molecule has 1 fully saturated rings. The average molecular weight is 497 g/mol. The number of rotatable bonds is 7. The summed E-state index contributed by atoms with van der Waals surface area (Å²) in [5.74, 6) is -0.958. The van der Waals surface area contributed by atoms with E-state index in [0.717, 1.165) is 5.56 Å². The topological polar surface area (TPSA) is 102 Å². The molecule has 184 valence electrons. The van der Waals surface area contributed by atoms with Crippen molar-refractivity contribution in [2.75, 3.05) is 32.8 Å². The first kappa shape index (κ1) is 24.6. The van der Waals surface area contributed by atoms with E-state index in [0.29, 0.717) is 23.5 Å². The number of aryl methyl sites for hydroxylation is 1. The van der Waals surface area contributed by atoms with E-state index in [9.17, 15) is 18.0 Å². The van der Waals surface area contributed by atoms with Crippen LogP contribution in [0.2, 0.25) is 0 Å². The van der Waals surface area contributed by atoms with Crippen LogP contribution in [0.4, 0.5) is 0 Å². The van der Waals surface area contributed by atoms with E-state index in [1.807, 2.05) is 30.3 Å². The lowest BCUT2D eigenvalue weighted by Crippen LogP contribution is -2.51. The minimum absolute atomic E-state index is 0.182. The first-order valence-electron chi connectivity index (χ1n) is 11.4.